The molecule has 0 radical (unpaired) electrons. The summed E-state index contributed by atoms with van der Waals surface area (Å²) in [5.41, 5.74) is 1.03. The largest absolute Gasteiger partial charge is 0.433 e. The topological polar surface area (TPSA) is 24.9 Å². The molecule has 0 unspecified atom stereocenters. The summed E-state index contributed by atoms with van der Waals surface area (Å²) in [7, 11) is 0. The molecule has 20 heavy (non-hydrogen) atoms. The molecule has 0 bridgehead atoms. The predicted molar refractivity (Wildman–Crippen MR) is 75.0 cm³/mol. The Balaban J connectivity index is 2.78. The standard InChI is InChI=1S/C15H17F3N2/c1-4-8-19-13-10(3)14(15(16,17)18)20-12-9(2)6-5-7-11(12)13/h5-7H,4,8H2,1-3H3,(H,19,20). The van der Waals surface area contributed by atoms with Gasteiger partial charge in [0.2, 0.25) is 0 Å². The van der Waals surface area contributed by atoms with Crippen LogP contribution < -0.4 is 5.32 Å². The number of fused-ring (bicyclic) bond motifs is 1. The number of hydrogen-bond donors (Lipinski definition) is 1. The first-order valence-corrected chi connectivity index (χ1v) is 6.57. The van der Waals surface area contributed by atoms with Crippen LogP contribution in [0, 0.1) is 13.8 Å². The molecule has 0 spiro atoms. The van der Waals surface area contributed by atoms with Crippen molar-refractivity contribution in [3.63, 3.8) is 0 Å². The molecule has 1 N–H and O–H groups in total. The number of benzene rings is 1. The van der Waals surface area contributed by atoms with Crippen LogP contribution in [-0.4, -0.2) is 11.5 Å². The molecule has 0 amide bonds. The molecule has 2 aromatic rings. The van der Waals surface area contributed by atoms with E-state index in [0.29, 0.717) is 17.7 Å². The maximum Gasteiger partial charge on any atom is 0.433 e. The highest BCUT2D eigenvalue weighted by molar-refractivity contribution is 5.95. The second kappa shape index (κ2) is 5.31. The number of hydrogen-bond acceptors (Lipinski definition) is 2. The highest BCUT2D eigenvalue weighted by Gasteiger charge is 2.36. The fourth-order valence-corrected chi connectivity index (χ4v) is 2.28. The Morgan fingerprint density at radius 1 is 1.20 bits per heavy atom. The molecule has 0 saturated heterocycles. The van der Waals surface area contributed by atoms with Crippen LogP contribution in [0.5, 0.6) is 0 Å². The molecule has 0 aliphatic carbocycles. The van der Waals surface area contributed by atoms with E-state index in [1.165, 1.54) is 6.92 Å². The van der Waals surface area contributed by atoms with Crippen LogP contribution in [-0.2, 0) is 6.18 Å². The van der Waals surface area contributed by atoms with Crippen LogP contribution in [0.4, 0.5) is 18.9 Å². The highest BCUT2D eigenvalue weighted by atomic mass is 19.4. The van der Waals surface area contributed by atoms with Crippen LogP contribution >= 0.6 is 0 Å². The first-order chi connectivity index (χ1) is 9.36. The van der Waals surface area contributed by atoms with E-state index in [1.54, 1.807) is 19.1 Å². The Kier molecular flexibility index (Phi) is 3.88. The number of alkyl halides is 3. The van der Waals surface area contributed by atoms with Gasteiger partial charge in [-0.2, -0.15) is 13.2 Å². The third-order valence-corrected chi connectivity index (χ3v) is 3.28. The molecule has 0 saturated carbocycles. The second-order valence-electron chi connectivity index (χ2n) is 4.86. The molecule has 1 aromatic heterocycles. The van der Waals surface area contributed by atoms with Crippen molar-refractivity contribution in [1.82, 2.24) is 4.98 Å². The van der Waals surface area contributed by atoms with Crippen molar-refractivity contribution in [3.8, 4) is 0 Å². The number of pyridine rings is 1. The molecule has 1 heterocycles. The van der Waals surface area contributed by atoms with Crippen molar-refractivity contribution in [1.29, 1.82) is 0 Å². The molecule has 0 aliphatic heterocycles. The third kappa shape index (κ3) is 2.57. The van der Waals surface area contributed by atoms with Crippen LogP contribution in [0.1, 0.15) is 30.2 Å². The quantitative estimate of drug-likeness (QED) is 0.883. The normalized spacial score (nSPS) is 11.9. The fraction of sp³-hybridized carbons (Fsp3) is 0.400. The molecule has 1 aromatic carbocycles. The van der Waals surface area contributed by atoms with Gasteiger partial charge in [0.1, 0.15) is 5.69 Å². The van der Waals surface area contributed by atoms with Gasteiger partial charge in [-0.1, -0.05) is 25.1 Å². The molecule has 5 heteroatoms. The summed E-state index contributed by atoms with van der Waals surface area (Å²) in [5, 5.41) is 3.85. The van der Waals surface area contributed by atoms with Gasteiger partial charge < -0.3 is 5.32 Å². The van der Waals surface area contributed by atoms with Crippen molar-refractivity contribution in [2.45, 2.75) is 33.4 Å². The number of aryl methyl sites for hydroxylation is 1. The molecule has 2 rings (SSSR count). The second-order valence-corrected chi connectivity index (χ2v) is 4.86. The predicted octanol–water partition coefficient (Wildman–Crippen LogP) is 4.69. The maximum atomic E-state index is 13.1. The number of anilines is 1. The average Bonchev–Trinajstić information content (AvgIpc) is 2.36. The molecular formula is C15H17F3N2. The number of nitrogens with zero attached hydrogens (tertiary/aromatic N) is 1. The summed E-state index contributed by atoms with van der Waals surface area (Å²) in [6, 6.07) is 5.41. The van der Waals surface area contributed by atoms with Crippen molar-refractivity contribution < 1.29 is 13.2 Å². The van der Waals surface area contributed by atoms with Gasteiger partial charge in [-0.15, -0.1) is 0 Å². The van der Waals surface area contributed by atoms with E-state index < -0.39 is 11.9 Å². The van der Waals surface area contributed by atoms with Gasteiger partial charge in [0.05, 0.1) is 5.52 Å². The van der Waals surface area contributed by atoms with Gasteiger partial charge in [-0.3, -0.25) is 0 Å². The average molecular weight is 282 g/mol. The summed E-state index contributed by atoms with van der Waals surface area (Å²) in [6.07, 6.45) is -3.60. The molecular weight excluding hydrogens is 265 g/mol. The van der Waals surface area contributed by atoms with Crippen LogP contribution in [0.3, 0.4) is 0 Å². The number of aromatic nitrogens is 1. The summed E-state index contributed by atoms with van der Waals surface area (Å²) in [6.45, 7) is 5.84. The van der Waals surface area contributed by atoms with E-state index in [1.807, 2.05) is 13.0 Å². The Labute approximate surface area is 116 Å². The number of nitrogens with one attached hydrogen (secondary N) is 1. The lowest BCUT2D eigenvalue weighted by Crippen LogP contribution is -2.14. The summed E-state index contributed by atoms with van der Waals surface area (Å²) in [4.78, 5) is 3.85. The van der Waals surface area contributed by atoms with Crippen LogP contribution in [0.2, 0.25) is 0 Å². The highest BCUT2D eigenvalue weighted by Crippen LogP contribution is 2.37. The lowest BCUT2D eigenvalue weighted by atomic mass is 10.0. The third-order valence-electron chi connectivity index (χ3n) is 3.28. The Bertz CT molecular complexity index is 633. The minimum absolute atomic E-state index is 0.157. The molecule has 0 aliphatic rings. The smallest absolute Gasteiger partial charge is 0.384 e. The minimum Gasteiger partial charge on any atom is -0.384 e. The van der Waals surface area contributed by atoms with Gasteiger partial charge in [0.25, 0.3) is 0 Å². The van der Waals surface area contributed by atoms with E-state index >= 15 is 0 Å². The summed E-state index contributed by atoms with van der Waals surface area (Å²) in [5.74, 6) is 0. The SMILES string of the molecule is CCCNc1c(C)c(C(F)(F)F)nc2c(C)cccc12. The number of rotatable bonds is 3. The first-order valence-electron chi connectivity index (χ1n) is 6.57. The molecule has 2 nitrogen and oxygen atoms in total. The van der Waals surface area contributed by atoms with Gasteiger partial charge in [-0.05, 0) is 25.8 Å². The zero-order chi connectivity index (χ0) is 14.9. The Morgan fingerprint density at radius 3 is 2.50 bits per heavy atom. The Morgan fingerprint density at radius 2 is 1.90 bits per heavy atom. The van der Waals surface area contributed by atoms with E-state index in [2.05, 4.69) is 10.3 Å². The van der Waals surface area contributed by atoms with Crippen LogP contribution in [0.15, 0.2) is 18.2 Å². The number of halogens is 3. The Hall–Kier alpha value is -1.78. The zero-order valence-corrected chi connectivity index (χ0v) is 11.7. The van der Waals surface area contributed by atoms with E-state index in [0.717, 1.165) is 17.4 Å². The van der Waals surface area contributed by atoms with Gasteiger partial charge >= 0.3 is 6.18 Å². The lowest BCUT2D eigenvalue weighted by Gasteiger charge is -2.18. The van der Waals surface area contributed by atoms with Crippen LogP contribution in [0.25, 0.3) is 10.9 Å². The van der Waals surface area contributed by atoms with E-state index in [-0.39, 0.29) is 5.56 Å². The van der Waals surface area contributed by atoms with E-state index in [4.69, 9.17) is 0 Å². The molecule has 108 valence electrons. The van der Waals surface area contributed by atoms with Crippen molar-refractivity contribution >= 4 is 16.6 Å². The first kappa shape index (κ1) is 14.6. The van der Waals surface area contributed by atoms with E-state index in [9.17, 15) is 13.2 Å². The fourth-order valence-electron chi connectivity index (χ4n) is 2.28. The van der Waals surface area contributed by atoms with Crippen molar-refractivity contribution in [2.75, 3.05) is 11.9 Å². The number of para-hydroxylation sites is 1. The van der Waals surface area contributed by atoms with Gasteiger partial charge in [-0.25, -0.2) is 4.98 Å². The van der Waals surface area contributed by atoms with Gasteiger partial charge in [0.15, 0.2) is 0 Å². The van der Waals surface area contributed by atoms with Crippen molar-refractivity contribution in [3.05, 3.63) is 35.0 Å². The monoisotopic (exact) mass is 282 g/mol. The minimum atomic E-state index is -4.44. The summed E-state index contributed by atoms with van der Waals surface area (Å²) >= 11 is 0. The summed E-state index contributed by atoms with van der Waals surface area (Å²) < 4.78 is 39.4. The zero-order valence-electron chi connectivity index (χ0n) is 11.7. The maximum absolute atomic E-state index is 13.1. The van der Waals surface area contributed by atoms with Crippen molar-refractivity contribution in [2.24, 2.45) is 0 Å². The van der Waals surface area contributed by atoms with Gasteiger partial charge in [0, 0.05) is 23.2 Å². The molecule has 0 fully saturated rings. The lowest BCUT2D eigenvalue weighted by molar-refractivity contribution is -0.141. The molecule has 0 atom stereocenters.